The number of hydrogen-bond donors (Lipinski definition) is 2. The van der Waals surface area contributed by atoms with Crippen molar-refractivity contribution in [2.45, 2.75) is 37.9 Å². The van der Waals surface area contributed by atoms with E-state index >= 15 is 0 Å². The second-order valence-corrected chi connectivity index (χ2v) is 6.33. The summed E-state index contributed by atoms with van der Waals surface area (Å²) in [7, 11) is 0. The predicted octanol–water partition coefficient (Wildman–Crippen LogP) is 1.99. The zero-order chi connectivity index (χ0) is 12.2. The molecule has 18 heavy (non-hydrogen) atoms. The van der Waals surface area contributed by atoms with Gasteiger partial charge < -0.3 is 15.4 Å². The van der Waals surface area contributed by atoms with Gasteiger partial charge in [-0.15, -0.1) is 11.3 Å². The molecule has 3 atom stereocenters. The first-order valence-electron chi connectivity index (χ1n) is 7.00. The van der Waals surface area contributed by atoms with Crippen LogP contribution in [0.15, 0.2) is 17.5 Å². The summed E-state index contributed by atoms with van der Waals surface area (Å²) in [5.41, 5.74) is 0. The molecule has 3 nitrogen and oxygen atoms in total. The summed E-state index contributed by atoms with van der Waals surface area (Å²) in [5, 5.41) is 9.52. The summed E-state index contributed by atoms with van der Waals surface area (Å²) in [5.74, 6) is 0.741. The Morgan fingerprint density at radius 3 is 3.22 bits per heavy atom. The lowest BCUT2D eigenvalue weighted by molar-refractivity contribution is 0.0524. The van der Waals surface area contributed by atoms with Gasteiger partial charge in [-0.25, -0.2) is 0 Å². The maximum Gasteiger partial charge on any atom is 0.0623 e. The minimum Gasteiger partial charge on any atom is -0.379 e. The van der Waals surface area contributed by atoms with E-state index in [1.54, 1.807) is 0 Å². The van der Waals surface area contributed by atoms with Crippen LogP contribution in [0.1, 0.15) is 24.1 Å². The molecule has 1 aromatic heterocycles. The van der Waals surface area contributed by atoms with E-state index in [1.807, 2.05) is 11.3 Å². The lowest BCUT2D eigenvalue weighted by Gasteiger charge is -2.33. The van der Waals surface area contributed by atoms with Gasteiger partial charge in [-0.2, -0.15) is 0 Å². The van der Waals surface area contributed by atoms with E-state index in [0.717, 1.165) is 32.2 Å². The molecule has 2 heterocycles. The maximum atomic E-state index is 5.60. The Balaban J connectivity index is 1.53. The van der Waals surface area contributed by atoms with Crippen LogP contribution in [-0.4, -0.2) is 31.8 Å². The fourth-order valence-corrected chi connectivity index (χ4v) is 3.89. The highest BCUT2D eigenvalue weighted by Gasteiger charge is 2.34. The normalized spacial score (nSPS) is 32.8. The molecule has 2 fully saturated rings. The summed E-state index contributed by atoms with van der Waals surface area (Å²) in [6.45, 7) is 3.80. The Kier molecular flexibility index (Phi) is 4.31. The van der Waals surface area contributed by atoms with Gasteiger partial charge in [-0.1, -0.05) is 12.5 Å². The van der Waals surface area contributed by atoms with Gasteiger partial charge in [-0.05, 0) is 30.2 Å². The molecule has 1 saturated heterocycles. The average molecular weight is 266 g/mol. The van der Waals surface area contributed by atoms with E-state index < -0.39 is 0 Å². The molecule has 100 valence electrons. The summed E-state index contributed by atoms with van der Waals surface area (Å²) < 4.78 is 5.60. The van der Waals surface area contributed by atoms with E-state index in [2.05, 4.69) is 28.1 Å². The third kappa shape index (κ3) is 2.94. The maximum absolute atomic E-state index is 5.60. The fourth-order valence-electron chi connectivity index (χ4n) is 3.23. The molecule has 2 aliphatic rings. The predicted molar refractivity (Wildman–Crippen MR) is 74.9 cm³/mol. The van der Waals surface area contributed by atoms with Crippen molar-refractivity contribution in [2.75, 3.05) is 19.8 Å². The van der Waals surface area contributed by atoms with Crippen LogP contribution in [0, 0.1) is 5.92 Å². The molecule has 0 bridgehead atoms. The number of ether oxygens (including phenoxy) is 1. The highest BCUT2D eigenvalue weighted by atomic mass is 32.1. The van der Waals surface area contributed by atoms with Gasteiger partial charge in [0, 0.05) is 30.1 Å². The molecule has 1 aliphatic carbocycles. The molecule has 1 aliphatic heterocycles. The molecular formula is C14H22N2OS. The molecule has 0 aromatic carbocycles. The first-order valence-corrected chi connectivity index (χ1v) is 7.88. The van der Waals surface area contributed by atoms with Gasteiger partial charge in [0.1, 0.15) is 0 Å². The van der Waals surface area contributed by atoms with Crippen LogP contribution < -0.4 is 10.6 Å². The van der Waals surface area contributed by atoms with Gasteiger partial charge in [0.2, 0.25) is 0 Å². The van der Waals surface area contributed by atoms with Crippen LogP contribution in [0.5, 0.6) is 0 Å². The minimum atomic E-state index is 0.557. The Morgan fingerprint density at radius 1 is 1.44 bits per heavy atom. The Hall–Kier alpha value is -0.420. The summed E-state index contributed by atoms with van der Waals surface area (Å²) in [6.07, 6.45) is 4.00. The Bertz CT molecular complexity index is 349. The first-order chi connectivity index (χ1) is 8.93. The monoisotopic (exact) mass is 266 g/mol. The molecule has 2 N–H and O–H groups in total. The highest BCUT2D eigenvalue weighted by Crippen LogP contribution is 2.29. The third-order valence-corrected chi connectivity index (χ3v) is 5.03. The van der Waals surface area contributed by atoms with Crippen molar-refractivity contribution >= 4 is 11.3 Å². The molecule has 0 radical (unpaired) electrons. The van der Waals surface area contributed by atoms with Gasteiger partial charge >= 0.3 is 0 Å². The number of rotatable bonds is 4. The van der Waals surface area contributed by atoms with E-state index in [4.69, 9.17) is 4.74 Å². The Morgan fingerprint density at radius 2 is 2.44 bits per heavy atom. The number of morpholine rings is 1. The van der Waals surface area contributed by atoms with Gasteiger partial charge in [0.25, 0.3) is 0 Å². The number of thiophene rings is 1. The number of nitrogens with one attached hydrogen (secondary N) is 2. The fraction of sp³-hybridized carbons (Fsp3) is 0.714. The molecule has 1 aromatic rings. The van der Waals surface area contributed by atoms with E-state index in [0.29, 0.717) is 12.1 Å². The van der Waals surface area contributed by atoms with Crippen molar-refractivity contribution in [1.29, 1.82) is 0 Å². The van der Waals surface area contributed by atoms with Gasteiger partial charge in [-0.3, -0.25) is 0 Å². The first kappa shape index (κ1) is 12.6. The Labute approximate surface area is 113 Å². The molecule has 3 rings (SSSR count). The minimum absolute atomic E-state index is 0.557. The van der Waals surface area contributed by atoms with Crippen LogP contribution in [0.25, 0.3) is 0 Å². The molecule has 4 heteroatoms. The SMILES string of the molecule is c1csc(CNC2CCCC2C2COCCN2)c1. The molecule has 0 spiro atoms. The third-order valence-electron chi connectivity index (χ3n) is 4.16. The van der Waals surface area contributed by atoms with Crippen molar-refractivity contribution in [3.05, 3.63) is 22.4 Å². The van der Waals surface area contributed by atoms with Crippen LogP contribution in [0.2, 0.25) is 0 Å². The highest BCUT2D eigenvalue weighted by molar-refractivity contribution is 7.09. The quantitative estimate of drug-likeness (QED) is 0.874. The summed E-state index contributed by atoms with van der Waals surface area (Å²) >= 11 is 1.84. The smallest absolute Gasteiger partial charge is 0.0623 e. The van der Waals surface area contributed by atoms with Crippen molar-refractivity contribution < 1.29 is 4.74 Å². The van der Waals surface area contributed by atoms with Crippen LogP contribution in [0.4, 0.5) is 0 Å². The second kappa shape index (κ2) is 6.15. The van der Waals surface area contributed by atoms with Gasteiger partial charge in [0.05, 0.1) is 13.2 Å². The van der Waals surface area contributed by atoms with E-state index in [9.17, 15) is 0 Å². The molecule has 1 saturated carbocycles. The van der Waals surface area contributed by atoms with Crippen LogP contribution in [0.3, 0.4) is 0 Å². The summed E-state index contributed by atoms with van der Waals surface area (Å²) in [4.78, 5) is 1.44. The molecule has 0 amide bonds. The lowest BCUT2D eigenvalue weighted by Crippen LogP contribution is -2.50. The molecular weight excluding hydrogens is 244 g/mol. The van der Waals surface area contributed by atoms with Crippen LogP contribution >= 0.6 is 11.3 Å². The average Bonchev–Trinajstić information content (AvgIpc) is 3.09. The zero-order valence-corrected chi connectivity index (χ0v) is 11.5. The van der Waals surface area contributed by atoms with Crippen molar-refractivity contribution in [2.24, 2.45) is 5.92 Å². The lowest BCUT2D eigenvalue weighted by atomic mass is 9.94. The van der Waals surface area contributed by atoms with Crippen molar-refractivity contribution in [3.63, 3.8) is 0 Å². The van der Waals surface area contributed by atoms with Gasteiger partial charge in [0.15, 0.2) is 0 Å². The summed E-state index contributed by atoms with van der Waals surface area (Å²) in [6, 6.07) is 5.56. The second-order valence-electron chi connectivity index (χ2n) is 5.30. The van der Waals surface area contributed by atoms with Crippen LogP contribution in [-0.2, 0) is 11.3 Å². The van der Waals surface area contributed by atoms with Crippen molar-refractivity contribution in [1.82, 2.24) is 10.6 Å². The van der Waals surface area contributed by atoms with E-state index in [-0.39, 0.29) is 0 Å². The largest absolute Gasteiger partial charge is 0.379 e. The molecule has 3 unspecified atom stereocenters. The standard InChI is InChI=1S/C14H22N2OS/c1-4-12(14-10-17-7-6-15-14)13(5-1)16-9-11-3-2-8-18-11/h2-3,8,12-16H,1,4-7,9-10H2. The zero-order valence-electron chi connectivity index (χ0n) is 10.7. The van der Waals surface area contributed by atoms with Crippen molar-refractivity contribution in [3.8, 4) is 0 Å². The number of hydrogen-bond acceptors (Lipinski definition) is 4. The van der Waals surface area contributed by atoms with E-state index in [1.165, 1.54) is 24.1 Å². The topological polar surface area (TPSA) is 33.3 Å².